The molecule has 1 aliphatic rings. The van der Waals surface area contributed by atoms with E-state index in [9.17, 15) is 26.4 Å². The fraction of sp³-hybridized carbons (Fsp3) is 0.714. The molecule has 0 aliphatic carbocycles. The third kappa shape index (κ3) is 4.14. The predicted octanol–water partition coefficient (Wildman–Crippen LogP) is 1.36. The SMILES string of the molecule is CC(C)CC1C(=O)NCCCN1S(=O)(=O)c1cn(C)nc1C(F)(F)F. The minimum Gasteiger partial charge on any atom is -0.355 e. The van der Waals surface area contributed by atoms with Crippen LogP contribution in [0, 0.1) is 5.92 Å². The summed E-state index contributed by atoms with van der Waals surface area (Å²) >= 11 is 0. The van der Waals surface area contributed by atoms with Gasteiger partial charge in [-0.15, -0.1) is 0 Å². The van der Waals surface area contributed by atoms with Crippen LogP contribution in [0.3, 0.4) is 0 Å². The number of hydrogen-bond acceptors (Lipinski definition) is 4. The van der Waals surface area contributed by atoms with Crippen LogP contribution in [0.2, 0.25) is 0 Å². The van der Waals surface area contributed by atoms with Crippen molar-refractivity contribution in [1.82, 2.24) is 19.4 Å². The van der Waals surface area contributed by atoms with Crippen LogP contribution >= 0.6 is 0 Å². The summed E-state index contributed by atoms with van der Waals surface area (Å²) in [7, 11) is -3.32. The average molecular weight is 382 g/mol. The molecule has 2 rings (SSSR count). The zero-order valence-corrected chi connectivity index (χ0v) is 15.0. The van der Waals surface area contributed by atoms with Gasteiger partial charge in [-0.25, -0.2) is 8.42 Å². The molecular weight excluding hydrogens is 361 g/mol. The molecule has 0 saturated carbocycles. The van der Waals surface area contributed by atoms with E-state index >= 15 is 0 Å². The van der Waals surface area contributed by atoms with Gasteiger partial charge >= 0.3 is 6.18 Å². The van der Waals surface area contributed by atoms with Crippen molar-refractivity contribution in [3.8, 4) is 0 Å². The minimum atomic E-state index is -4.91. The number of amides is 1. The van der Waals surface area contributed by atoms with Crippen LogP contribution in [0.4, 0.5) is 13.2 Å². The number of sulfonamides is 1. The zero-order chi connectivity index (χ0) is 19.0. The summed E-state index contributed by atoms with van der Waals surface area (Å²) in [6, 6.07) is -1.05. The zero-order valence-electron chi connectivity index (χ0n) is 14.2. The number of nitrogens with zero attached hydrogens (tertiary/aromatic N) is 3. The number of nitrogens with one attached hydrogen (secondary N) is 1. The van der Waals surface area contributed by atoms with Crippen molar-refractivity contribution in [1.29, 1.82) is 0 Å². The third-order valence-electron chi connectivity index (χ3n) is 3.85. The van der Waals surface area contributed by atoms with Gasteiger partial charge in [-0.05, 0) is 18.8 Å². The van der Waals surface area contributed by atoms with Gasteiger partial charge in [-0.1, -0.05) is 13.8 Å². The molecule has 1 aromatic heterocycles. The van der Waals surface area contributed by atoms with Crippen LogP contribution in [0.25, 0.3) is 0 Å². The smallest absolute Gasteiger partial charge is 0.355 e. The first-order valence-electron chi connectivity index (χ1n) is 7.85. The summed E-state index contributed by atoms with van der Waals surface area (Å²) in [5.74, 6) is -0.505. The Morgan fingerprint density at radius 3 is 2.60 bits per heavy atom. The lowest BCUT2D eigenvalue weighted by atomic mass is 10.0. The second kappa shape index (κ2) is 6.94. The van der Waals surface area contributed by atoms with Crippen molar-refractivity contribution in [3.63, 3.8) is 0 Å². The van der Waals surface area contributed by atoms with Crippen LogP contribution < -0.4 is 5.32 Å². The summed E-state index contributed by atoms with van der Waals surface area (Å²) < 4.78 is 67.1. The number of carbonyl (C=O) groups excluding carboxylic acids is 1. The monoisotopic (exact) mass is 382 g/mol. The highest BCUT2D eigenvalue weighted by atomic mass is 32.2. The van der Waals surface area contributed by atoms with Gasteiger partial charge in [0.15, 0.2) is 5.69 Å². The Morgan fingerprint density at radius 1 is 1.40 bits per heavy atom. The van der Waals surface area contributed by atoms with E-state index in [1.54, 1.807) is 0 Å². The molecule has 11 heteroatoms. The number of hydrogen-bond donors (Lipinski definition) is 1. The van der Waals surface area contributed by atoms with E-state index in [4.69, 9.17) is 0 Å². The van der Waals surface area contributed by atoms with Crippen LogP contribution in [-0.2, 0) is 28.0 Å². The summed E-state index contributed by atoms with van der Waals surface area (Å²) in [5.41, 5.74) is -1.47. The Kier molecular flexibility index (Phi) is 5.47. The van der Waals surface area contributed by atoms with Gasteiger partial charge in [-0.2, -0.15) is 22.6 Å². The molecule has 1 aromatic rings. The molecule has 1 amide bonds. The molecule has 0 bridgehead atoms. The van der Waals surface area contributed by atoms with Crippen molar-refractivity contribution in [2.24, 2.45) is 13.0 Å². The van der Waals surface area contributed by atoms with E-state index in [-0.39, 0.29) is 25.4 Å². The lowest BCUT2D eigenvalue weighted by molar-refractivity contribution is -0.143. The highest BCUT2D eigenvalue weighted by Crippen LogP contribution is 2.35. The third-order valence-corrected chi connectivity index (χ3v) is 5.76. The molecule has 0 aromatic carbocycles. The Hall–Kier alpha value is -1.62. The fourth-order valence-electron chi connectivity index (χ4n) is 2.79. The minimum absolute atomic E-state index is 0.0115. The number of rotatable bonds is 4. The van der Waals surface area contributed by atoms with Crippen molar-refractivity contribution in [3.05, 3.63) is 11.9 Å². The molecule has 7 nitrogen and oxygen atoms in total. The lowest BCUT2D eigenvalue weighted by Crippen LogP contribution is -2.48. The highest BCUT2D eigenvalue weighted by molar-refractivity contribution is 7.89. The number of aromatic nitrogens is 2. The summed E-state index contributed by atoms with van der Waals surface area (Å²) in [5, 5.41) is 5.87. The van der Waals surface area contributed by atoms with Crippen molar-refractivity contribution in [2.75, 3.05) is 13.1 Å². The molecule has 1 fully saturated rings. The van der Waals surface area contributed by atoms with E-state index in [0.29, 0.717) is 6.42 Å². The molecule has 1 saturated heterocycles. The topological polar surface area (TPSA) is 84.3 Å². The van der Waals surface area contributed by atoms with Gasteiger partial charge in [-0.3, -0.25) is 9.48 Å². The fourth-order valence-corrected chi connectivity index (χ4v) is 4.61. The quantitative estimate of drug-likeness (QED) is 0.852. The number of aryl methyl sites for hydroxylation is 1. The molecular formula is C14H21F3N4O3S. The first-order valence-corrected chi connectivity index (χ1v) is 9.29. The van der Waals surface area contributed by atoms with Gasteiger partial charge < -0.3 is 5.32 Å². The standard InChI is InChI=1S/C14H21F3N4O3S/c1-9(2)7-10-13(22)18-5-4-6-21(10)25(23,24)11-8-20(3)19-12(11)14(15,16)17/h8-10H,4-7H2,1-3H3,(H,18,22). The normalized spacial score (nSPS) is 20.6. The Morgan fingerprint density at radius 2 is 2.04 bits per heavy atom. The molecule has 2 heterocycles. The predicted molar refractivity (Wildman–Crippen MR) is 83.0 cm³/mol. The molecule has 25 heavy (non-hydrogen) atoms. The maximum Gasteiger partial charge on any atom is 0.436 e. The molecule has 1 N–H and O–H groups in total. The first-order chi connectivity index (χ1) is 11.4. The number of carbonyl (C=O) groups is 1. The maximum atomic E-state index is 13.2. The van der Waals surface area contributed by atoms with Crippen LogP contribution in [0.15, 0.2) is 11.1 Å². The van der Waals surface area contributed by atoms with Gasteiger partial charge in [0, 0.05) is 26.3 Å². The van der Waals surface area contributed by atoms with E-state index in [1.165, 1.54) is 7.05 Å². The Labute approximate surface area is 144 Å². The van der Waals surface area contributed by atoms with Gasteiger partial charge in [0.2, 0.25) is 15.9 Å². The molecule has 1 aliphatic heterocycles. The van der Waals surface area contributed by atoms with Gasteiger partial charge in [0.1, 0.15) is 10.9 Å². The van der Waals surface area contributed by atoms with E-state index < -0.39 is 38.7 Å². The molecule has 1 unspecified atom stereocenters. The Bertz CT molecular complexity index is 743. The molecule has 1 atom stereocenters. The van der Waals surface area contributed by atoms with Gasteiger partial charge in [0.05, 0.1) is 0 Å². The highest BCUT2D eigenvalue weighted by Gasteiger charge is 2.45. The van der Waals surface area contributed by atoms with Crippen LogP contribution in [-0.4, -0.2) is 47.5 Å². The first kappa shape index (κ1) is 19.7. The lowest BCUT2D eigenvalue weighted by Gasteiger charge is -2.28. The van der Waals surface area contributed by atoms with E-state index in [1.807, 2.05) is 13.8 Å². The van der Waals surface area contributed by atoms with Crippen molar-refractivity contribution >= 4 is 15.9 Å². The van der Waals surface area contributed by atoms with Gasteiger partial charge in [0.25, 0.3) is 0 Å². The number of alkyl halides is 3. The van der Waals surface area contributed by atoms with E-state index in [2.05, 4.69) is 10.4 Å². The summed E-state index contributed by atoms with van der Waals surface area (Å²) in [4.78, 5) is 11.3. The van der Waals surface area contributed by atoms with Crippen LogP contribution in [0.5, 0.6) is 0 Å². The van der Waals surface area contributed by atoms with Crippen LogP contribution in [0.1, 0.15) is 32.4 Å². The van der Waals surface area contributed by atoms with Crippen molar-refractivity contribution < 1.29 is 26.4 Å². The maximum absolute atomic E-state index is 13.2. The summed E-state index contributed by atoms with van der Waals surface area (Å²) in [6.45, 7) is 3.87. The molecule has 0 spiro atoms. The summed E-state index contributed by atoms with van der Waals surface area (Å²) in [6.07, 6.45) is -3.55. The largest absolute Gasteiger partial charge is 0.436 e. The molecule has 0 radical (unpaired) electrons. The Balaban J connectivity index is 2.54. The van der Waals surface area contributed by atoms with Crippen molar-refractivity contribution in [2.45, 2.75) is 43.8 Å². The van der Waals surface area contributed by atoms with E-state index in [0.717, 1.165) is 15.2 Å². The molecule has 142 valence electrons. The number of halogens is 3. The average Bonchev–Trinajstić information content (AvgIpc) is 2.78. The second-order valence-electron chi connectivity index (χ2n) is 6.42. The second-order valence-corrected chi connectivity index (χ2v) is 8.28.